The van der Waals surface area contributed by atoms with Gasteiger partial charge < -0.3 is 5.32 Å². The van der Waals surface area contributed by atoms with E-state index in [4.69, 9.17) is 11.6 Å². The number of halogens is 1. The standard InChI is InChI=1S/C9H19ClN2O3S/c1-8(2)9(13)11-5-6-12-16(14,15)7-3-4-10/h8,12H,3-7H2,1-2H3,(H,11,13). The summed E-state index contributed by atoms with van der Waals surface area (Å²) in [5.41, 5.74) is 0. The van der Waals surface area contributed by atoms with Crippen molar-refractivity contribution in [3.8, 4) is 0 Å². The van der Waals surface area contributed by atoms with Gasteiger partial charge in [0.2, 0.25) is 15.9 Å². The van der Waals surface area contributed by atoms with Crippen molar-refractivity contribution in [2.45, 2.75) is 20.3 Å². The minimum absolute atomic E-state index is 0.0224. The molecule has 2 N–H and O–H groups in total. The Balaban J connectivity index is 3.70. The van der Waals surface area contributed by atoms with Crippen molar-refractivity contribution in [3.63, 3.8) is 0 Å². The first kappa shape index (κ1) is 15.7. The van der Waals surface area contributed by atoms with Gasteiger partial charge in [0.25, 0.3) is 0 Å². The Morgan fingerprint density at radius 1 is 1.31 bits per heavy atom. The van der Waals surface area contributed by atoms with Crippen LogP contribution in [0.2, 0.25) is 0 Å². The monoisotopic (exact) mass is 270 g/mol. The van der Waals surface area contributed by atoms with Crippen LogP contribution in [0.1, 0.15) is 20.3 Å². The molecule has 0 aliphatic carbocycles. The molecule has 16 heavy (non-hydrogen) atoms. The predicted octanol–water partition coefficient (Wildman–Crippen LogP) is 0.307. The molecule has 0 aliphatic rings. The van der Waals surface area contributed by atoms with E-state index in [2.05, 4.69) is 10.0 Å². The molecule has 0 unspecified atom stereocenters. The van der Waals surface area contributed by atoms with Gasteiger partial charge in [-0.2, -0.15) is 0 Å². The molecule has 0 radical (unpaired) electrons. The highest BCUT2D eigenvalue weighted by molar-refractivity contribution is 7.89. The number of nitrogens with one attached hydrogen (secondary N) is 2. The molecular weight excluding hydrogens is 252 g/mol. The second-order valence-corrected chi connectivity index (χ2v) is 6.01. The minimum atomic E-state index is -3.25. The lowest BCUT2D eigenvalue weighted by Crippen LogP contribution is -2.37. The van der Waals surface area contributed by atoms with Crippen LogP contribution >= 0.6 is 11.6 Å². The molecule has 5 nitrogen and oxygen atoms in total. The first-order chi connectivity index (χ1) is 7.39. The van der Waals surface area contributed by atoms with Crippen LogP contribution in [0.25, 0.3) is 0 Å². The lowest BCUT2D eigenvalue weighted by molar-refractivity contribution is -0.123. The smallest absolute Gasteiger partial charge is 0.222 e. The van der Waals surface area contributed by atoms with Crippen LogP contribution in [0.4, 0.5) is 0 Å². The second kappa shape index (κ2) is 7.86. The number of carbonyl (C=O) groups is 1. The van der Waals surface area contributed by atoms with E-state index in [1.165, 1.54) is 0 Å². The highest BCUT2D eigenvalue weighted by atomic mass is 35.5. The predicted molar refractivity (Wildman–Crippen MR) is 65.0 cm³/mol. The summed E-state index contributed by atoms with van der Waals surface area (Å²) in [4.78, 5) is 11.1. The van der Waals surface area contributed by atoms with Crippen LogP contribution in [-0.2, 0) is 14.8 Å². The molecular formula is C9H19ClN2O3S. The van der Waals surface area contributed by atoms with Crippen LogP contribution in [0.3, 0.4) is 0 Å². The summed E-state index contributed by atoms with van der Waals surface area (Å²) < 4.78 is 25.0. The number of alkyl halides is 1. The van der Waals surface area contributed by atoms with Crippen molar-refractivity contribution in [3.05, 3.63) is 0 Å². The van der Waals surface area contributed by atoms with Crippen molar-refractivity contribution in [2.75, 3.05) is 24.7 Å². The van der Waals surface area contributed by atoms with Gasteiger partial charge in [0, 0.05) is 24.9 Å². The Morgan fingerprint density at radius 3 is 2.44 bits per heavy atom. The van der Waals surface area contributed by atoms with E-state index in [0.29, 0.717) is 18.8 Å². The molecule has 0 bridgehead atoms. The van der Waals surface area contributed by atoms with Gasteiger partial charge in [-0.25, -0.2) is 13.1 Å². The third-order valence-corrected chi connectivity index (χ3v) is 3.55. The fourth-order valence-corrected chi connectivity index (χ4v) is 2.29. The molecule has 0 saturated carbocycles. The van der Waals surface area contributed by atoms with Crippen molar-refractivity contribution in [2.24, 2.45) is 5.92 Å². The molecule has 0 aromatic carbocycles. The minimum Gasteiger partial charge on any atom is -0.355 e. The highest BCUT2D eigenvalue weighted by Gasteiger charge is 2.09. The molecule has 0 saturated heterocycles. The average Bonchev–Trinajstić information content (AvgIpc) is 2.21. The number of sulfonamides is 1. The van der Waals surface area contributed by atoms with Crippen molar-refractivity contribution in [1.29, 1.82) is 0 Å². The van der Waals surface area contributed by atoms with Crippen molar-refractivity contribution >= 4 is 27.5 Å². The van der Waals surface area contributed by atoms with Gasteiger partial charge in [0.05, 0.1) is 5.75 Å². The first-order valence-corrected chi connectivity index (χ1v) is 7.38. The van der Waals surface area contributed by atoms with Crippen LogP contribution in [-0.4, -0.2) is 39.0 Å². The molecule has 7 heteroatoms. The molecule has 0 spiro atoms. The number of rotatable bonds is 8. The van der Waals surface area contributed by atoms with Gasteiger partial charge in [-0.1, -0.05) is 13.8 Å². The Morgan fingerprint density at radius 2 is 1.94 bits per heavy atom. The summed E-state index contributed by atoms with van der Waals surface area (Å²) in [7, 11) is -3.25. The fourth-order valence-electron chi connectivity index (χ4n) is 0.913. The molecule has 0 heterocycles. The summed E-state index contributed by atoms with van der Waals surface area (Å²) in [5.74, 6) is 0.174. The van der Waals surface area contributed by atoms with Crippen LogP contribution < -0.4 is 10.0 Å². The van der Waals surface area contributed by atoms with E-state index in [1.54, 1.807) is 13.8 Å². The summed E-state index contributed by atoms with van der Waals surface area (Å²) in [6, 6.07) is 0. The highest BCUT2D eigenvalue weighted by Crippen LogP contribution is 1.92. The molecule has 0 aromatic heterocycles. The topological polar surface area (TPSA) is 75.3 Å². The van der Waals surface area contributed by atoms with E-state index >= 15 is 0 Å². The molecule has 0 aliphatic heterocycles. The summed E-state index contributed by atoms with van der Waals surface area (Å²) in [6.07, 6.45) is 0.426. The van der Waals surface area contributed by atoms with Gasteiger partial charge in [0.15, 0.2) is 0 Å². The van der Waals surface area contributed by atoms with Crippen LogP contribution in [0.15, 0.2) is 0 Å². The zero-order chi connectivity index (χ0) is 12.6. The number of hydrogen-bond donors (Lipinski definition) is 2. The maximum Gasteiger partial charge on any atom is 0.222 e. The first-order valence-electron chi connectivity index (χ1n) is 5.20. The summed E-state index contributed by atoms with van der Waals surface area (Å²) in [6.45, 7) is 4.07. The molecule has 0 fully saturated rings. The zero-order valence-electron chi connectivity index (χ0n) is 9.62. The van der Waals surface area contributed by atoms with E-state index in [-0.39, 0.29) is 24.1 Å². The van der Waals surface area contributed by atoms with E-state index in [9.17, 15) is 13.2 Å². The maximum absolute atomic E-state index is 11.3. The Hall–Kier alpha value is -0.330. The SMILES string of the molecule is CC(C)C(=O)NCCNS(=O)(=O)CCCCl. The van der Waals surface area contributed by atoms with Crippen molar-refractivity contribution in [1.82, 2.24) is 10.0 Å². The fraction of sp³-hybridized carbons (Fsp3) is 0.889. The third kappa shape index (κ3) is 7.90. The molecule has 0 rings (SSSR count). The second-order valence-electron chi connectivity index (χ2n) is 3.70. The lowest BCUT2D eigenvalue weighted by Gasteiger charge is -2.08. The lowest BCUT2D eigenvalue weighted by atomic mass is 10.2. The largest absolute Gasteiger partial charge is 0.355 e. The Kier molecular flexibility index (Phi) is 7.70. The quantitative estimate of drug-likeness (QED) is 0.492. The van der Waals surface area contributed by atoms with Gasteiger partial charge in [-0.15, -0.1) is 11.6 Å². The van der Waals surface area contributed by atoms with E-state index in [1.807, 2.05) is 0 Å². The number of hydrogen-bond acceptors (Lipinski definition) is 3. The molecule has 1 amide bonds. The Labute approximate surface area is 102 Å². The van der Waals surface area contributed by atoms with Crippen molar-refractivity contribution < 1.29 is 13.2 Å². The molecule has 96 valence electrons. The van der Waals surface area contributed by atoms with Gasteiger partial charge in [-0.3, -0.25) is 4.79 Å². The Bertz CT molecular complexity index is 304. The van der Waals surface area contributed by atoms with E-state index < -0.39 is 10.0 Å². The van der Waals surface area contributed by atoms with E-state index in [0.717, 1.165) is 0 Å². The van der Waals surface area contributed by atoms with Crippen LogP contribution in [0, 0.1) is 5.92 Å². The molecule has 0 aromatic rings. The van der Waals surface area contributed by atoms with Gasteiger partial charge in [-0.05, 0) is 6.42 Å². The van der Waals surface area contributed by atoms with Gasteiger partial charge in [0.1, 0.15) is 0 Å². The maximum atomic E-state index is 11.3. The third-order valence-electron chi connectivity index (χ3n) is 1.82. The summed E-state index contributed by atoms with van der Waals surface area (Å²) in [5, 5.41) is 2.62. The summed E-state index contributed by atoms with van der Waals surface area (Å²) >= 11 is 5.40. The number of amides is 1. The normalized spacial score (nSPS) is 11.8. The number of carbonyl (C=O) groups excluding carboxylic acids is 1. The van der Waals surface area contributed by atoms with Crippen LogP contribution in [0.5, 0.6) is 0 Å². The zero-order valence-corrected chi connectivity index (χ0v) is 11.2. The van der Waals surface area contributed by atoms with Gasteiger partial charge >= 0.3 is 0 Å². The molecule has 0 atom stereocenters. The average molecular weight is 271 g/mol.